The quantitative estimate of drug-likeness (QED) is 0.502. The summed E-state index contributed by atoms with van der Waals surface area (Å²) >= 11 is 0. The third kappa shape index (κ3) is 2.64. The molecule has 0 N–H and O–H groups in total. The molecule has 1 aliphatic carbocycles. The van der Waals surface area contributed by atoms with Gasteiger partial charge < -0.3 is 0 Å². The maximum Gasteiger partial charge on any atom is -0.00107 e. The van der Waals surface area contributed by atoms with Crippen LogP contribution < -0.4 is 0 Å². The van der Waals surface area contributed by atoms with Gasteiger partial charge in [0.1, 0.15) is 0 Å². The van der Waals surface area contributed by atoms with Gasteiger partial charge >= 0.3 is 0 Å². The number of rotatable bonds is 5. The maximum absolute atomic E-state index is 2.48. The van der Waals surface area contributed by atoms with Gasteiger partial charge in [-0.25, -0.2) is 0 Å². The molecule has 0 spiro atoms. The molecule has 0 saturated heterocycles. The van der Waals surface area contributed by atoms with Gasteiger partial charge in [0.05, 0.1) is 0 Å². The van der Waals surface area contributed by atoms with Crippen LogP contribution in [-0.4, -0.2) is 0 Å². The molecule has 0 unspecified atom stereocenters. The van der Waals surface area contributed by atoms with Gasteiger partial charge in [-0.2, -0.15) is 0 Å². The second-order valence-corrected chi connectivity index (χ2v) is 6.46. The highest BCUT2D eigenvalue weighted by Gasteiger charge is 2.21. The van der Waals surface area contributed by atoms with E-state index in [9.17, 15) is 0 Å². The van der Waals surface area contributed by atoms with Crippen molar-refractivity contribution in [1.82, 2.24) is 0 Å². The Morgan fingerprint density at radius 1 is 0.905 bits per heavy atom. The van der Waals surface area contributed by atoms with Gasteiger partial charge in [-0.15, -0.1) is 0 Å². The lowest BCUT2D eigenvalue weighted by molar-refractivity contribution is 0.665. The molecule has 2 aromatic rings. The van der Waals surface area contributed by atoms with Gasteiger partial charge in [-0.1, -0.05) is 56.5 Å². The van der Waals surface area contributed by atoms with E-state index in [1.807, 2.05) is 0 Å². The van der Waals surface area contributed by atoms with Crippen molar-refractivity contribution < 1.29 is 0 Å². The van der Waals surface area contributed by atoms with Gasteiger partial charge in [0.2, 0.25) is 0 Å². The molecule has 0 aromatic heterocycles. The van der Waals surface area contributed by atoms with Crippen LogP contribution >= 0.6 is 0 Å². The minimum absolute atomic E-state index is 1.12. The molecule has 0 radical (unpaired) electrons. The lowest BCUT2D eigenvalue weighted by atomic mass is 9.91. The summed E-state index contributed by atoms with van der Waals surface area (Å²) in [7, 11) is 0. The van der Waals surface area contributed by atoms with E-state index in [1.54, 1.807) is 11.1 Å². The molecule has 0 atom stereocenters. The monoisotopic (exact) mass is 278 g/mol. The first-order valence-corrected chi connectivity index (χ1v) is 8.42. The average Bonchev–Trinajstić information content (AvgIpc) is 2.87. The van der Waals surface area contributed by atoms with Crippen molar-refractivity contribution in [3.05, 3.63) is 58.1 Å². The van der Waals surface area contributed by atoms with Crippen LogP contribution in [0.15, 0.2) is 30.3 Å². The number of hydrogen-bond acceptors (Lipinski definition) is 0. The second kappa shape index (κ2) is 6.05. The second-order valence-electron chi connectivity index (χ2n) is 6.46. The first-order chi connectivity index (χ1) is 10.2. The largest absolute Gasteiger partial charge is 0.0654 e. The van der Waals surface area contributed by atoms with Gasteiger partial charge in [0, 0.05) is 0 Å². The Morgan fingerprint density at radius 3 is 2.52 bits per heavy atom. The van der Waals surface area contributed by atoms with Gasteiger partial charge in [0.25, 0.3) is 0 Å². The Balaban J connectivity index is 1.93. The fourth-order valence-corrected chi connectivity index (χ4v) is 3.64. The van der Waals surface area contributed by atoms with E-state index in [1.165, 1.54) is 59.9 Å². The number of benzene rings is 2. The fourth-order valence-electron chi connectivity index (χ4n) is 3.64. The summed E-state index contributed by atoms with van der Waals surface area (Å²) in [4.78, 5) is 0. The number of hydrogen-bond donors (Lipinski definition) is 0. The Morgan fingerprint density at radius 2 is 1.71 bits per heavy atom. The molecule has 0 heterocycles. The summed E-state index contributed by atoms with van der Waals surface area (Å²) in [6.45, 7) is 6.91. The molecular weight excluding hydrogens is 252 g/mol. The summed E-state index contributed by atoms with van der Waals surface area (Å²) in [5, 5.41) is 0. The molecule has 0 amide bonds. The standard InChI is InChI=1S/C21H26/c1-4-5-6-7-10-17-13-21-19-12-9-8-11-18(19)14-20(21)16(3)15(17)2/h8-9,11-13H,4-7,10,14H2,1-3H3. The van der Waals surface area contributed by atoms with Crippen molar-refractivity contribution in [2.75, 3.05) is 0 Å². The van der Waals surface area contributed by atoms with Crippen LogP contribution in [0.4, 0.5) is 0 Å². The third-order valence-corrected chi connectivity index (χ3v) is 5.11. The zero-order chi connectivity index (χ0) is 14.8. The summed E-state index contributed by atoms with van der Waals surface area (Å²) in [5.74, 6) is 0. The molecule has 0 heteroatoms. The van der Waals surface area contributed by atoms with Crippen LogP contribution in [0, 0.1) is 13.8 Å². The lowest BCUT2D eigenvalue weighted by Crippen LogP contribution is -1.98. The molecule has 0 bridgehead atoms. The van der Waals surface area contributed by atoms with Crippen molar-refractivity contribution in [3.63, 3.8) is 0 Å². The van der Waals surface area contributed by atoms with Gasteiger partial charge in [-0.05, 0) is 72.1 Å². The van der Waals surface area contributed by atoms with Crippen LogP contribution in [0.25, 0.3) is 11.1 Å². The molecule has 0 fully saturated rings. The smallest absolute Gasteiger partial charge is 0.00107 e. The molecule has 1 aliphatic rings. The number of fused-ring (bicyclic) bond motifs is 3. The van der Waals surface area contributed by atoms with Gasteiger partial charge in [0.15, 0.2) is 0 Å². The normalized spacial score (nSPS) is 12.3. The minimum atomic E-state index is 1.12. The lowest BCUT2D eigenvalue weighted by Gasteiger charge is -2.14. The molecule has 21 heavy (non-hydrogen) atoms. The molecule has 2 aromatic carbocycles. The summed E-state index contributed by atoms with van der Waals surface area (Å²) in [6.07, 6.45) is 7.73. The predicted molar refractivity (Wildman–Crippen MR) is 92.0 cm³/mol. The van der Waals surface area contributed by atoms with E-state index in [2.05, 4.69) is 51.1 Å². The number of unbranched alkanes of at least 4 members (excludes halogenated alkanes) is 3. The molecule has 0 saturated carbocycles. The maximum atomic E-state index is 2.48. The van der Waals surface area contributed by atoms with E-state index in [-0.39, 0.29) is 0 Å². The van der Waals surface area contributed by atoms with Crippen LogP contribution in [0.3, 0.4) is 0 Å². The zero-order valence-corrected chi connectivity index (χ0v) is 13.6. The highest BCUT2D eigenvalue weighted by atomic mass is 14.3. The van der Waals surface area contributed by atoms with Gasteiger partial charge in [-0.3, -0.25) is 0 Å². The van der Waals surface area contributed by atoms with E-state index >= 15 is 0 Å². The van der Waals surface area contributed by atoms with Crippen LogP contribution in [0.2, 0.25) is 0 Å². The van der Waals surface area contributed by atoms with Crippen molar-refractivity contribution >= 4 is 0 Å². The molecule has 110 valence electrons. The van der Waals surface area contributed by atoms with Crippen LogP contribution in [0.1, 0.15) is 60.4 Å². The van der Waals surface area contributed by atoms with E-state index in [0.29, 0.717) is 0 Å². The first-order valence-electron chi connectivity index (χ1n) is 8.42. The average molecular weight is 278 g/mol. The highest BCUT2D eigenvalue weighted by Crippen LogP contribution is 2.40. The molecule has 0 aliphatic heterocycles. The van der Waals surface area contributed by atoms with E-state index < -0.39 is 0 Å². The molecule has 0 nitrogen and oxygen atoms in total. The topological polar surface area (TPSA) is 0 Å². The summed E-state index contributed by atoms with van der Waals surface area (Å²) in [5.41, 5.74) is 10.6. The van der Waals surface area contributed by atoms with Crippen LogP contribution in [0.5, 0.6) is 0 Å². The summed E-state index contributed by atoms with van der Waals surface area (Å²) < 4.78 is 0. The van der Waals surface area contributed by atoms with Crippen LogP contribution in [-0.2, 0) is 12.8 Å². The predicted octanol–water partition coefficient (Wildman–Crippen LogP) is 6.00. The summed E-state index contributed by atoms with van der Waals surface area (Å²) in [6, 6.07) is 11.4. The van der Waals surface area contributed by atoms with E-state index in [4.69, 9.17) is 0 Å². The molecular formula is C21H26. The Bertz CT molecular complexity index is 649. The minimum Gasteiger partial charge on any atom is -0.0654 e. The SMILES string of the molecule is CCCCCCc1cc2c(c(C)c1C)Cc1ccccc1-2. The number of aryl methyl sites for hydroxylation is 1. The Labute approximate surface area is 129 Å². The van der Waals surface area contributed by atoms with Crippen molar-refractivity contribution in [2.45, 2.75) is 59.3 Å². The zero-order valence-electron chi connectivity index (χ0n) is 13.6. The molecule has 3 rings (SSSR count). The van der Waals surface area contributed by atoms with E-state index in [0.717, 1.165) is 6.42 Å². The van der Waals surface area contributed by atoms with Crippen molar-refractivity contribution in [2.24, 2.45) is 0 Å². The fraction of sp³-hybridized carbons (Fsp3) is 0.429. The first kappa shape index (κ1) is 14.4. The highest BCUT2D eigenvalue weighted by molar-refractivity contribution is 5.79. The Kier molecular flexibility index (Phi) is 4.14. The Hall–Kier alpha value is -1.56. The van der Waals surface area contributed by atoms with Crippen molar-refractivity contribution in [1.29, 1.82) is 0 Å². The van der Waals surface area contributed by atoms with Crippen molar-refractivity contribution in [3.8, 4) is 11.1 Å². The third-order valence-electron chi connectivity index (χ3n) is 5.11.